The monoisotopic (exact) mass is 374 g/mol. The molecule has 2 aromatic rings. The maximum atomic E-state index is 12.4. The number of methoxy groups -OCH3 is 1. The minimum atomic E-state index is -0.467. The number of nitrogens with one attached hydrogen (secondary N) is 1. The first kappa shape index (κ1) is 19.5. The molecule has 0 bridgehead atoms. The van der Waals surface area contributed by atoms with Crippen LogP contribution >= 0.6 is 11.8 Å². The number of hydrogen-bond donors (Lipinski definition) is 1. The Bertz CT molecular complexity index is 836. The molecular weight excluding hydrogens is 356 g/mol. The van der Waals surface area contributed by atoms with Gasteiger partial charge in [-0.15, -0.1) is 11.8 Å². The summed E-state index contributed by atoms with van der Waals surface area (Å²) >= 11 is 1.30. The first-order valence-electron chi connectivity index (χ1n) is 7.72. The second-order valence-corrected chi connectivity index (χ2v) is 6.94. The maximum absolute atomic E-state index is 12.4. The number of aryl methyl sites for hydroxylation is 1. The molecule has 0 saturated carbocycles. The first-order chi connectivity index (χ1) is 12.3. The van der Waals surface area contributed by atoms with E-state index >= 15 is 0 Å². The lowest BCUT2D eigenvalue weighted by molar-refractivity contribution is -0.384. The molecule has 1 atom stereocenters. The molecule has 0 aromatic heterocycles. The number of rotatable bonds is 6. The Labute approximate surface area is 154 Å². The highest BCUT2D eigenvalue weighted by Crippen LogP contribution is 2.26. The molecule has 0 saturated heterocycles. The average Bonchev–Trinajstić information content (AvgIpc) is 2.62. The molecule has 2 rings (SSSR count). The van der Waals surface area contributed by atoms with Crippen LogP contribution in [0.1, 0.15) is 22.8 Å². The molecule has 7 nitrogen and oxygen atoms in total. The Kier molecular flexibility index (Phi) is 6.35. The summed E-state index contributed by atoms with van der Waals surface area (Å²) in [7, 11) is 1.31. The van der Waals surface area contributed by atoms with Gasteiger partial charge in [0.25, 0.3) is 5.69 Å². The normalized spacial score (nSPS) is 11.5. The highest BCUT2D eigenvalue weighted by Gasteiger charge is 2.17. The Morgan fingerprint density at radius 3 is 2.38 bits per heavy atom. The molecule has 136 valence electrons. The van der Waals surface area contributed by atoms with Crippen LogP contribution in [0.25, 0.3) is 0 Å². The number of non-ortho nitro benzene ring substituents is 1. The minimum Gasteiger partial charge on any atom is -0.465 e. The average molecular weight is 374 g/mol. The second-order valence-electron chi connectivity index (χ2n) is 5.52. The van der Waals surface area contributed by atoms with E-state index in [2.05, 4.69) is 10.1 Å². The molecule has 0 radical (unpaired) electrons. The van der Waals surface area contributed by atoms with E-state index in [-0.39, 0.29) is 11.6 Å². The third-order valence-corrected chi connectivity index (χ3v) is 4.75. The molecule has 0 heterocycles. The summed E-state index contributed by atoms with van der Waals surface area (Å²) in [6, 6.07) is 10.9. The predicted octanol–water partition coefficient (Wildman–Crippen LogP) is 3.81. The first-order valence-corrected chi connectivity index (χ1v) is 8.60. The minimum absolute atomic E-state index is 0.00720. The van der Waals surface area contributed by atoms with Crippen molar-refractivity contribution in [2.75, 3.05) is 12.4 Å². The molecule has 26 heavy (non-hydrogen) atoms. The van der Waals surface area contributed by atoms with Crippen molar-refractivity contribution in [1.29, 1.82) is 0 Å². The van der Waals surface area contributed by atoms with Crippen LogP contribution in [-0.4, -0.2) is 29.2 Å². The molecular formula is C18H18N2O5S. The van der Waals surface area contributed by atoms with Crippen molar-refractivity contribution in [3.8, 4) is 0 Å². The zero-order valence-corrected chi connectivity index (χ0v) is 15.3. The van der Waals surface area contributed by atoms with E-state index < -0.39 is 16.1 Å². The van der Waals surface area contributed by atoms with E-state index in [1.165, 1.54) is 31.0 Å². The third-order valence-electron chi connectivity index (χ3n) is 3.63. The summed E-state index contributed by atoms with van der Waals surface area (Å²) in [5, 5.41) is 13.1. The smallest absolute Gasteiger partial charge is 0.337 e. The fourth-order valence-electron chi connectivity index (χ4n) is 2.19. The summed E-state index contributed by atoms with van der Waals surface area (Å²) in [4.78, 5) is 34.9. The summed E-state index contributed by atoms with van der Waals surface area (Å²) in [6.45, 7) is 3.54. The van der Waals surface area contributed by atoms with Gasteiger partial charge in [0.15, 0.2) is 0 Å². The lowest BCUT2D eigenvalue weighted by Gasteiger charge is -2.14. The number of nitrogens with zero attached hydrogens (tertiary/aromatic N) is 1. The number of anilines is 1. The van der Waals surface area contributed by atoms with Gasteiger partial charge in [-0.2, -0.15) is 0 Å². The number of hydrogen-bond acceptors (Lipinski definition) is 6. The van der Waals surface area contributed by atoms with E-state index in [4.69, 9.17) is 0 Å². The van der Waals surface area contributed by atoms with Gasteiger partial charge in [-0.1, -0.05) is 0 Å². The summed E-state index contributed by atoms with van der Waals surface area (Å²) < 4.78 is 4.67. The molecule has 0 aliphatic rings. The number of nitro benzene ring substituents is 1. The largest absolute Gasteiger partial charge is 0.465 e. The number of ether oxygens (including phenoxy) is 1. The third kappa shape index (κ3) is 4.82. The number of carbonyl (C=O) groups is 2. The van der Waals surface area contributed by atoms with Crippen molar-refractivity contribution in [1.82, 2.24) is 0 Å². The van der Waals surface area contributed by atoms with Gasteiger partial charge in [-0.3, -0.25) is 14.9 Å². The topological polar surface area (TPSA) is 98.5 Å². The van der Waals surface area contributed by atoms with E-state index in [0.717, 1.165) is 10.5 Å². The lowest BCUT2D eigenvalue weighted by atomic mass is 10.1. The van der Waals surface area contributed by atoms with Crippen LogP contribution in [0, 0.1) is 17.0 Å². The molecule has 0 aliphatic heterocycles. The number of nitro groups is 1. The van der Waals surface area contributed by atoms with Crippen molar-refractivity contribution in [2.24, 2.45) is 0 Å². The van der Waals surface area contributed by atoms with Crippen molar-refractivity contribution < 1.29 is 19.2 Å². The lowest BCUT2D eigenvalue weighted by Crippen LogP contribution is -2.22. The molecule has 0 spiro atoms. The van der Waals surface area contributed by atoms with Crippen molar-refractivity contribution in [3.05, 3.63) is 63.7 Å². The van der Waals surface area contributed by atoms with Crippen molar-refractivity contribution >= 4 is 35.0 Å². The number of carbonyl (C=O) groups excluding carboxylic acids is 2. The van der Waals surface area contributed by atoms with Crippen LogP contribution in [0.4, 0.5) is 11.4 Å². The summed E-state index contributed by atoms with van der Waals surface area (Å²) in [5.74, 6) is -0.643. The van der Waals surface area contributed by atoms with Gasteiger partial charge in [0.2, 0.25) is 5.91 Å². The molecule has 0 aliphatic carbocycles. The number of benzene rings is 2. The molecule has 1 amide bonds. The summed E-state index contributed by atoms with van der Waals surface area (Å²) in [5.41, 5.74) is 1.77. The van der Waals surface area contributed by atoms with Crippen LogP contribution in [-0.2, 0) is 9.53 Å². The second kappa shape index (κ2) is 8.48. The molecule has 0 fully saturated rings. The molecule has 2 aromatic carbocycles. The van der Waals surface area contributed by atoms with Crippen LogP contribution in [0.5, 0.6) is 0 Å². The van der Waals surface area contributed by atoms with Crippen LogP contribution in [0.2, 0.25) is 0 Å². The van der Waals surface area contributed by atoms with Crippen LogP contribution in [0.3, 0.4) is 0 Å². The Hall–Kier alpha value is -2.87. The molecule has 1 unspecified atom stereocenters. The molecule has 1 N–H and O–H groups in total. The fourth-order valence-corrected chi connectivity index (χ4v) is 3.05. The molecule has 8 heteroatoms. The zero-order valence-electron chi connectivity index (χ0n) is 14.5. The number of esters is 1. The summed E-state index contributed by atoms with van der Waals surface area (Å²) in [6.07, 6.45) is 0. The van der Waals surface area contributed by atoms with E-state index in [9.17, 15) is 19.7 Å². The number of thioether (sulfide) groups is 1. The van der Waals surface area contributed by atoms with E-state index in [1.807, 2.05) is 0 Å². The van der Waals surface area contributed by atoms with Gasteiger partial charge in [-0.05, 0) is 49.7 Å². The van der Waals surface area contributed by atoms with Gasteiger partial charge >= 0.3 is 5.97 Å². The fraction of sp³-hybridized carbons (Fsp3) is 0.222. The quantitative estimate of drug-likeness (QED) is 0.357. The standard InChI is InChI=1S/C18H18N2O5S/c1-11-10-13(18(22)25-3)4-9-16(11)19-17(21)12(2)26-15-7-5-14(6-8-15)20(23)24/h4-10,12H,1-3H3,(H,19,21). The highest BCUT2D eigenvalue weighted by molar-refractivity contribution is 8.00. The van der Waals surface area contributed by atoms with Crippen LogP contribution < -0.4 is 5.32 Å². The van der Waals surface area contributed by atoms with Crippen LogP contribution in [0.15, 0.2) is 47.4 Å². The highest BCUT2D eigenvalue weighted by atomic mass is 32.2. The Morgan fingerprint density at radius 2 is 1.85 bits per heavy atom. The van der Waals surface area contributed by atoms with Gasteiger partial charge < -0.3 is 10.1 Å². The predicted molar refractivity (Wildman–Crippen MR) is 99.6 cm³/mol. The Morgan fingerprint density at radius 1 is 1.19 bits per heavy atom. The van der Waals surface area contributed by atoms with Gasteiger partial charge in [-0.25, -0.2) is 4.79 Å². The van der Waals surface area contributed by atoms with E-state index in [1.54, 1.807) is 44.2 Å². The van der Waals surface area contributed by atoms with Gasteiger partial charge in [0.1, 0.15) is 0 Å². The SMILES string of the molecule is COC(=O)c1ccc(NC(=O)C(C)Sc2ccc([N+](=O)[O-])cc2)c(C)c1. The van der Waals surface area contributed by atoms with Gasteiger partial charge in [0, 0.05) is 22.7 Å². The Balaban J connectivity index is 2.02. The zero-order chi connectivity index (χ0) is 19.3. The van der Waals surface area contributed by atoms with Crippen molar-refractivity contribution in [3.63, 3.8) is 0 Å². The number of amides is 1. The van der Waals surface area contributed by atoms with Crippen molar-refractivity contribution in [2.45, 2.75) is 24.0 Å². The maximum Gasteiger partial charge on any atom is 0.337 e. The van der Waals surface area contributed by atoms with E-state index in [0.29, 0.717) is 11.3 Å². The van der Waals surface area contributed by atoms with Gasteiger partial charge in [0.05, 0.1) is 22.8 Å².